The van der Waals surface area contributed by atoms with Crippen molar-refractivity contribution < 1.29 is 18.5 Å². The van der Waals surface area contributed by atoms with Crippen molar-refractivity contribution in [2.24, 2.45) is 0 Å². The van der Waals surface area contributed by atoms with E-state index in [1.807, 2.05) is 23.1 Å². The summed E-state index contributed by atoms with van der Waals surface area (Å²) in [5, 5.41) is 3.94. The third-order valence-corrected chi connectivity index (χ3v) is 5.05. The van der Waals surface area contributed by atoms with Crippen LogP contribution in [0.1, 0.15) is 34.9 Å². The van der Waals surface area contributed by atoms with Crippen LogP contribution in [0.25, 0.3) is 11.5 Å². The number of aromatic nitrogens is 1. The Bertz CT molecular complexity index is 920. The van der Waals surface area contributed by atoms with Crippen molar-refractivity contribution in [2.45, 2.75) is 18.9 Å². The normalized spacial score (nSPS) is 16.8. The van der Waals surface area contributed by atoms with E-state index >= 15 is 0 Å². The van der Waals surface area contributed by atoms with Gasteiger partial charge in [-0.25, -0.2) is 0 Å². The second-order valence-electron chi connectivity index (χ2n) is 6.10. The zero-order chi connectivity index (χ0) is 18.1. The van der Waals surface area contributed by atoms with Crippen LogP contribution in [-0.4, -0.2) is 29.6 Å². The molecule has 134 valence electrons. The fourth-order valence-corrected chi connectivity index (χ4v) is 3.74. The lowest BCUT2D eigenvalue weighted by molar-refractivity contribution is 0.0723. The molecule has 1 fully saturated rings. The summed E-state index contributed by atoms with van der Waals surface area (Å²) >= 11 is 3.50. The Labute approximate surface area is 158 Å². The SMILES string of the molecule is COc1ccc(Br)cc1C1CCCN1C(=O)c1cc(-c2ccco2)on1. The molecule has 3 aromatic rings. The fraction of sp³-hybridized carbons (Fsp3) is 0.263. The van der Waals surface area contributed by atoms with E-state index in [0.29, 0.717) is 18.1 Å². The molecule has 0 N–H and O–H groups in total. The van der Waals surface area contributed by atoms with Gasteiger partial charge in [0.05, 0.1) is 19.4 Å². The van der Waals surface area contributed by atoms with Gasteiger partial charge in [0.15, 0.2) is 11.5 Å². The van der Waals surface area contributed by atoms with Crippen molar-refractivity contribution in [2.75, 3.05) is 13.7 Å². The molecule has 26 heavy (non-hydrogen) atoms. The summed E-state index contributed by atoms with van der Waals surface area (Å²) in [5.41, 5.74) is 1.26. The lowest BCUT2D eigenvalue weighted by Crippen LogP contribution is -2.31. The van der Waals surface area contributed by atoms with Crippen molar-refractivity contribution in [3.63, 3.8) is 0 Å². The molecular weight excluding hydrogens is 400 g/mol. The first-order chi connectivity index (χ1) is 12.7. The summed E-state index contributed by atoms with van der Waals surface area (Å²) in [4.78, 5) is 14.8. The predicted octanol–water partition coefficient (Wildman–Crippen LogP) is 4.68. The van der Waals surface area contributed by atoms with E-state index in [2.05, 4.69) is 21.1 Å². The molecule has 1 amide bonds. The molecular formula is C19H17BrN2O4. The van der Waals surface area contributed by atoms with Crippen LogP contribution < -0.4 is 4.74 Å². The Hall–Kier alpha value is -2.54. The molecule has 3 heterocycles. The van der Waals surface area contributed by atoms with E-state index in [1.165, 1.54) is 0 Å². The molecule has 1 unspecified atom stereocenters. The monoisotopic (exact) mass is 416 g/mol. The molecule has 1 aliphatic rings. The number of likely N-dealkylation sites (tertiary alicyclic amines) is 1. The predicted molar refractivity (Wildman–Crippen MR) is 97.9 cm³/mol. The van der Waals surface area contributed by atoms with Gasteiger partial charge in [0, 0.05) is 22.6 Å². The minimum Gasteiger partial charge on any atom is -0.496 e. The number of methoxy groups -OCH3 is 1. The van der Waals surface area contributed by atoms with Crippen LogP contribution in [0.5, 0.6) is 5.75 Å². The highest BCUT2D eigenvalue weighted by Gasteiger charge is 2.34. The van der Waals surface area contributed by atoms with Gasteiger partial charge in [-0.1, -0.05) is 21.1 Å². The number of furan rings is 1. The van der Waals surface area contributed by atoms with Gasteiger partial charge in [0.2, 0.25) is 5.76 Å². The minimum absolute atomic E-state index is 0.0567. The van der Waals surface area contributed by atoms with Crippen molar-refractivity contribution >= 4 is 21.8 Å². The van der Waals surface area contributed by atoms with Crippen molar-refractivity contribution in [3.05, 3.63) is 58.4 Å². The van der Waals surface area contributed by atoms with Crippen LogP contribution in [0.3, 0.4) is 0 Å². The maximum absolute atomic E-state index is 13.0. The quantitative estimate of drug-likeness (QED) is 0.617. The van der Waals surface area contributed by atoms with Gasteiger partial charge in [0.1, 0.15) is 5.75 Å². The first-order valence-corrected chi connectivity index (χ1v) is 9.11. The first kappa shape index (κ1) is 16.9. The van der Waals surface area contributed by atoms with Crippen LogP contribution in [0.15, 0.2) is 56.1 Å². The molecule has 2 aromatic heterocycles. The van der Waals surface area contributed by atoms with E-state index in [4.69, 9.17) is 13.7 Å². The number of hydrogen-bond donors (Lipinski definition) is 0. The van der Waals surface area contributed by atoms with Gasteiger partial charge in [-0.05, 0) is 43.2 Å². The second kappa shape index (κ2) is 6.99. The van der Waals surface area contributed by atoms with Gasteiger partial charge in [0.25, 0.3) is 5.91 Å². The van der Waals surface area contributed by atoms with E-state index in [0.717, 1.165) is 28.6 Å². The van der Waals surface area contributed by atoms with Crippen LogP contribution in [0.2, 0.25) is 0 Å². The number of ether oxygens (including phenoxy) is 1. The third-order valence-electron chi connectivity index (χ3n) is 4.56. The van der Waals surface area contributed by atoms with Gasteiger partial charge >= 0.3 is 0 Å². The van der Waals surface area contributed by atoms with Crippen LogP contribution in [0, 0.1) is 0 Å². The zero-order valence-electron chi connectivity index (χ0n) is 14.1. The Morgan fingerprint density at radius 1 is 1.31 bits per heavy atom. The van der Waals surface area contributed by atoms with Gasteiger partial charge < -0.3 is 18.6 Å². The van der Waals surface area contributed by atoms with Crippen molar-refractivity contribution in [3.8, 4) is 17.3 Å². The van der Waals surface area contributed by atoms with E-state index < -0.39 is 0 Å². The Kier molecular flexibility index (Phi) is 4.55. The molecule has 1 saturated heterocycles. The molecule has 0 saturated carbocycles. The third kappa shape index (κ3) is 3.03. The smallest absolute Gasteiger partial charge is 0.276 e. The summed E-state index contributed by atoms with van der Waals surface area (Å²) in [5.74, 6) is 1.60. The maximum atomic E-state index is 13.0. The summed E-state index contributed by atoms with van der Waals surface area (Å²) in [6.07, 6.45) is 3.35. The molecule has 6 nitrogen and oxygen atoms in total. The Morgan fingerprint density at radius 3 is 2.96 bits per heavy atom. The van der Waals surface area contributed by atoms with Crippen LogP contribution in [0.4, 0.5) is 0 Å². The molecule has 1 aromatic carbocycles. The summed E-state index contributed by atoms with van der Waals surface area (Å²) in [6, 6.07) is 10.9. The van der Waals surface area contributed by atoms with Crippen LogP contribution >= 0.6 is 15.9 Å². The summed E-state index contributed by atoms with van der Waals surface area (Å²) in [6.45, 7) is 0.669. The summed E-state index contributed by atoms with van der Waals surface area (Å²) < 4.78 is 17.0. The molecule has 1 aliphatic heterocycles. The lowest BCUT2D eigenvalue weighted by atomic mass is 10.0. The highest BCUT2D eigenvalue weighted by molar-refractivity contribution is 9.10. The van der Waals surface area contributed by atoms with E-state index in [-0.39, 0.29) is 17.6 Å². The van der Waals surface area contributed by atoms with Crippen LogP contribution in [-0.2, 0) is 0 Å². The topological polar surface area (TPSA) is 68.7 Å². The van der Waals surface area contributed by atoms with Crippen molar-refractivity contribution in [1.82, 2.24) is 10.1 Å². The number of nitrogens with zero attached hydrogens (tertiary/aromatic N) is 2. The molecule has 4 rings (SSSR count). The average Bonchev–Trinajstić information content (AvgIpc) is 3.41. The minimum atomic E-state index is -0.156. The molecule has 0 spiro atoms. The Morgan fingerprint density at radius 2 is 2.19 bits per heavy atom. The summed E-state index contributed by atoms with van der Waals surface area (Å²) in [7, 11) is 1.64. The molecule has 0 bridgehead atoms. The van der Waals surface area contributed by atoms with Gasteiger partial charge in [-0.15, -0.1) is 0 Å². The zero-order valence-corrected chi connectivity index (χ0v) is 15.7. The number of carbonyl (C=O) groups is 1. The van der Waals surface area contributed by atoms with E-state index in [1.54, 1.807) is 31.6 Å². The largest absolute Gasteiger partial charge is 0.496 e. The number of benzene rings is 1. The van der Waals surface area contributed by atoms with Gasteiger partial charge in [-0.2, -0.15) is 0 Å². The highest BCUT2D eigenvalue weighted by atomic mass is 79.9. The molecule has 0 radical (unpaired) electrons. The first-order valence-electron chi connectivity index (χ1n) is 8.32. The van der Waals surface area contributed by atoms with E-state index in [9.17, 15) is 4.79 Å². The number of rotatable bonds is 4. The Balaban J connectivity index is 1.63. The molecule has 7 heteroatoms. The highest BCUT2D eigenvalue weighted by Crippen LogP contribution is 2.39. The van der Waals surface area contributed by atoms with Gasteiger partial charge in [-0.3, -0.25) is 4.79 Å². The number of halogens is 1. The number of hydrogen-bond acceptors (Lipinski definition) is 5. The average molecular weight is 417 g/mol. The van der Waals surface area contributed by atoms with Crippen molar-refractivity contribution in [1.29, 1.82) is 0 Å². The second-order valence-corrected chi connectivity index (χ2v) is 7.01. The maximum Gasteiger partial charge on any atom is 0.276 e. The molecule has 1 atom stereocenters. The molecule has 0 aliphatic carbocycles. The number of carbonyl (C=O) groups excluding carboxylic acids is 1. The lowest BCUT2D eigenvalue weighted by Gasteiger charge is -2.25. The standard InChI is InChI=1S/C19H17BrN2O4/c1-24-16-7-6-12(20)10-13(16)15-4-2-8-22(15)19(23)14-11-18(26-21-14)17-5-3-9-25-17/h3,5-7,9-11,15H,2,4,8H2,1H3. The fourth-order valence-electron chi connectivity index (χ4n) is 3.36. The number of amides is 1.